The third-order valence-corrected chi connectivity index (χ3v) is 4.76. The van der Waals surface area contributed by atoms with E-state index in [-0.39, 0.29) is 22.9 Å². The standard InChI is InChI=1S/C14H20ClNO3S/c1-10(2)16(11(3)4)14(17)9-20(18,19)13-7-5-12(15)6-8-13/h5-8,10-11H,9H2,1-4H3. The van der Waals surface area contributed by atoms with Crippen LogP contribution < -0.4 is 0 Å². The van der Waals surface area contributed by atoms with Crippen LogP contribution in [0.2, 0.25) is 5.02 Å². The lowest BCUT2D eigenvalue weighted by Gasteiger charge is -2.30. The topological polar surface area (TPSA) is 54.5 Å². The van der Waals surface area contributed by atoms with E-state index in [0.717, 1.165) is 0 Å². The van der Waals surface area contributed by atoms with Gasteiger partial charge in [-0.1, -0.05) is 11.6 Å². The largest absolute Gasteiger partial charge is 0.337 e. The second-order valence-corrected chi connectivity index (χ2v) is 7.63. The van der Waals surface area contributed by atoms with E-state index in [1.165, 1.54) is 24.3 Å². The molecule has 112 valence electrons. The highest BCUT2D eigenvalue weighted by molar-refractivity contribution is 7.92. The number of hydrogen-bond acceptors (Lipinski definition) is 3. The van der Waals surface area contributed by atoms with Gasteiger partial charge >= 0.3 is 0 Å². The van der Waals surface area contributed by atoms with Crippen LogP contribution in [-0.2, 0) is 14.6 Å². The number of benzene rings is 1. The van der Waals surface area contributed by atoms with Gasteiger partial charge in [0.1, 0.15) is 5.75 Å². The predicted molar refractivity (Wildman–Crippen MR) is 80.6 cm³/mol. The molecule has 0 radical (unpaired) electrons. The summed E-state index contributed by atoms with van der Waals surface area (Å²) in [6, 6.07) is 5.76. The monoisotopic (exact) mass is 317 g/mol. The van der Waals surface area contributed by atoms with E-state index in [0.29, 0.717) is 5.02 Å². The second-order valence-electron chi connectivity index (χ2n) is 5.20. The summed E-state index contributed by atoms with van der Waals surface area (Å²) in [5.41, 5.74) is 0. The molecule has 0 fully saturated rings. The Balaban J connectivity index is 2.96. The maximum atomic E-state index is 12.2. The Labute approximate surface area is 125 Å². The molecule has 0 aliphatic heterocycles. The van der Waals surface area contributed by atoms with Gasteiger partial charge in [-0.15, -0.1) is 0 Å². The van der Waals surface area contributed by atoms with Crippen molar-refractivity contribution in [2.24, 2.45) is 0 Å². The van der Waals surface area contributed by atoms with Gasteiger partial charge in [-0.25, -0.2) is 8.42 Å². The van der Waals surface area contributed by atoms with E-state index in [4.69, 9.17) is 11.6 Å². The van der Waals surface area contributed by atoms with E-state index in [1.807, 2.05) is 27.7 Å². The predicted octanol–water partition coefficient (Wildman–Crippen LogP) is 2.76. The molecule has 0 bridgehead atoms. The molecule has 0 spiro atoms. The molecule has 6 heteroatoms. The third-order valence-electron chi connectivity index (χ3n) is 2.89. The van der Waals surface area contributed by atoms with Crippen LogP contribution in [0.15, 0.2) is 29.2 Å². The van der Waals surface area contributed by atoms with Crippen molar-refractivity contribution in [1.29, 1.82) is 0 Å². The van der Waals surface area contributed by atoms with Gasteiger partial charge in [-0.3, -0.25) is 4.79 Å². The average molecular weight is 318 g/mol. The highest BCUT2D eigenvalue weighted by Gasteiger charge is 2.26. The Bertz CT molecular complexity index is 557. The van der Waals surface area contributed by atoms with E-state index in [2.05, 4.69) is 0 Å². The fourth-order valence-electron chi connectivity index (χ4n) is 2.13. The summed E-state index contributed by atoms with van der Waals surface area (Å²) in [4.78, 5) is 13.9. The maximum Gasteiger partial charge on any atom is 0.238 e. The Morgan fingerprint density at radius 3 is 1.95 bits per heavy atom. The Morgan fingerprint density at radius 2 is 1.55 bits per heavy atom. The number of carbonyl (C=O) groups is 1. The molecular formula is C14H20ClNO3S. The van der Waals surface area contributed by atoms with Gasteiger partial charge in [0.2, 0.25) is 5.91 Å². The Morgan fingerprint density at radius 1 is 1.10 bits per heavy atom. The molecule has 1 aromatic carbocycles. The molecule has 1 aromatic rings. The molecule has 0 unspecified atom stereocenters. The van der Waals surface area contributed by atoms with E-state index >= 15 is 0 Å². The molecule has 0 atom stereocenters. The van der Waals surface area contributed by atoms with Crippen molar-refractivity contribution in [3.63, 3.8) is 0 Å². The van der Waals surface area contributed by atoms with E-state index in [1.54, 1.807) is 4.90 Å². The lowest BCUT2D eigenvalue weighted by Crippen LogP contribution is -2.44. The molecule has 1 rings (SSSR count). The number of amides is 1. The summed E-state index contributed by atoms with van der Waals surface area (Å²) in [7, 11) is -3.64. The van der Waals surface area contributed by atoms with Crippen LogP contribution in [0, 0.1) is 0 Å². The minimum absolute atomic E-state index is 0.0390. The fourth-order valence-corrected chi connectivity index (χ4v) is 3.45. The van der Waals surface area contributed by atoms with Crippen molar-refractivity contribution in [2.75, 3.05) is 5.75 Å². The number of hydrogen-bond donors (Lipinski definition) is 0. The quantitative estimate of drug-likeness (QED) is 0.839. The molecule has 1 amide bonds. The minimum Gasteiger partial charge on any atom is -0.337 e. The minimum atomic E-state index is -3.64. The van der Waals surface area contributed by atoms with Gasteiger partial charge in [0, 0.05) is 17.1 Å². The number of sulfone groups is 1. The first-order chi connectivity index (χ1) is 9.15. The van der Waals surface area contributed by atoms with Gasteiger partial charge in [0.05, 0.1) is 4.90 Å². The van der Waals surface area contributed by atoms with Crippen molar-refractivity contribution < 1.29 is 13.2 Å². The average Bonchev–Trinajstić information content (AvgIpc) is 2.27. The van der Waals surface area contributed by atoms with Gasteiger partial charge in [-0.05, 0) is 52.0 Å². The molecule has 0 aliphatic carbocycles. The Hall–Kier alpha value is -1.07. The van der Waals surface area contributed by atoms with Crippen molar-refractivity contribution in [3.05, 3.63) is 29.3 Å². The number of halogens is 1. The van der Waals surface area contributed by atoms with Gasteiger partial charge < -0.3 is 4.90 Å². The summed E-state index contributed by atoms with van der Waals surface area (Å²) < 4.78 is 24.4. The molecule has 0 heterocycles. The van der Waals surface area contributed by atoms with Crippen molar-refractivity contribution in [3.8, 4) is 0 Å². The first-order valence-electron chi connectivity index (χ1n) is 6.44. The van der Waals surface area contributed by atoms with E-state index in [9.17, 15) is 13.2 Å². The van der Waals surface area contributed by atoms with E-state index < -0.39 is 15.6 Å². The van der Waals surface area contributed by atoms with Crippen LogP contribution in [0.25, 0.3) is 0 Å². The van der Waals surface area contributed by atoms with Crippen LogP contribution in [0.4, 0.5) is 0 Å². The van der Waals surface area contributed by atoms with Crippen molar-refractivity contribution >= 4 is 27.3 Å². The fraction of sp³-hybridized carbons (Fsp3) is 0.500. The van der Waals surface area contributed by atoms with Gasteiger partial charge in [0.15, 0.2) is 9.84 Å². The normalized spacial score (nSPS) is 11.9. The first-order valence-corrected chi connectivity index (χ1v) is 8.47. The van der Waals surface area contributed by atoms with Crippen LogP contribution in [-0.4, -0.2) is 37.1 Å². The van der Waals surface area contributed by atoms with Gasteiger partial charge in [-0.2, -0.15) is 0 Å². The molecular weight excluding hydrogens is 298 g/mol. The molecule has 0 saturated heterocycles. The third kappa shape index (κ3) is 4.21. The zero-order chi connectivity index (χ0) is 15.5. The summed E-state index contributed by atoms with van der Waals surface area (Å²) >= 11 is 5.73. The number of carbonyl (C=O) groups excluding carboxylic acids is 1. The van der Waals surface area contributed by atoms with Crippen LogP contribution >= 0.6 is 11.6 Å². The SMILES string of the molecule is CC(C)N(C(=O)CS(=O)(=O)c1ccc(Cl)cc1)C(C)C. The van der Waals surface area contributed by atoms with Gasteiger partial charge in [0.25, 0.3) is 0 Å². The highest BCUT2D eigenvalue weighted by Crippen LogP contribution is 2.17. The van der Waals surface area contributed by atoms with Crippen LogP contribution in [0.1, 0.15) is 27.7 Å². The molecule has 0 aliphatic rings. The zero-order valence-corrected chi connectivity index (χ0v) is 13.7. The zero-order valence-electron chi connectivity index (χ0n) is 12.1. The molecule has 0 N–H and O–H groups in total. The lowest BCUT2D eigenvalue weighted by molar-refractivity contribution is -0.131. The summed E-state index contributed by atoms with van der Waals surface area (Å²) in [5.74, 6) is -0.907. The summed E-state index contributed by atoms with van der Waals surface area (Å²) in [5, 5.41) is 0.460. The number of nitrogens with zero attached hydrogens (tertiary/aromatic N) is 1. The summed E-state index contributed by atoms with van der Waals surface area (Å²) in [6.07, 6.45) is 0. The van der Waals surface area contributed by atoms with Crippen LogP contribution in [0.3, 0.4) is 0 Å². The molecule has 4 nitrogen and oxygen atoms in total. The molecule has 20 heavy (non-hydrogen) atoms. The second kappa shape index (κ2) is 6.59. The lowest BCUT2D eigenvalue weighted by atomic mass is 10.2. The smallest absolute Gasteiger partial charge is 0.238 e. The number of rotatable bonds is 5. The molecule has 0 aromatic heterocycles. The maximum absolute atomic E-state index is 12.2. The van der Waals surface area contributed by atoms with Crippen molar-refractivity contribution in [1.82, 2.24) is 4.90 Å². The highest BCUT2D eigenvalue weighted by atomic mass is 35.5. The molecule has 0 saturated carbocycles. The summed E-state index contributed by atoms with van der Waals surface area (Å²) in [6.45, 7) is 7.47. The first kappa shape index (κ1) is 17.0. The van der Waals surface area contributed by atoms with Crippen molar-refractivity contribution in [2.45, 2.75) is 44.7 Å². The van der Waals surface area contributed by atoms with Crippen LogP contribution in [0.5, 0.6) is 0 Å². The Kier molecular flexibility index (Phi) is 5.59.